The van der Waals surface area contributed by atoms with Crippen molar-refractivity contribution in [3.05, 3.63) is 35.5 Å². The zero-order valence-corrected chi connectivity index (χ0v) is 13.0. The van der Waals surface area contributed by atoms with Crippen LogP contribution >= 0.6 is 11.3 Å². The van der Waals surface area contributed by atoms with Gasteiger partial charge in [-0.05, 0) is 42.9 Å². The highest BCUT2D eigenvalue weighted by atomic mass is 32.1. The van der Waals surface area contributed by atoms with Gasteiger partial charge in [0.25, 0.3) is 0 Å². The monoisotopic (exact) mass is 301 g/mol. The van der Waals surface area contributed by atoms with E-state index in [1.54, 1.807) is 24.5 Å². The molecule has 1 aliphatic rings. The number of piperidine rings is 1. The lowest BCUT2D eigenvalue weighted by molar-refractivity contribution is -0.130. The normalized spacial score (nSPS) is 18.7. The van der Waals surface area contributed by atoms with E-state index in [0.29, 0.717) is 5.92 Å². The third-order valence-electron chi connectivity index (χ3n) is 3.96. The molecule has 1 saturated heterocycles. The van der Waals surface area contributed by atoms with E-state index in [1.165, 1.54) is 12.0 Å². The third-order valence-corrected chi connectivity index (χ3v) is 4.76. The van der Waals surface area contributed by atoms with Gasteiger partial charge in [-0.2, -0.15) is 0 Å². The highest BCUT2D eigenvalue weighted by molar-refractivity contribution is 7.13. The molecule has 1 aliphatic heterocycles. The number of nitrogens with zero attached hydrogens (tertiary/aromatic N) is 3. The third kappa shape index (κ3) is 3.47. The Morgan fingerprint density at radius 1 is 1.43 bits per heavy atom. The molecule has 0 radical (unpaired) electrons. The number of thiazole rings is 1. The molecule has 1 atom stereocenters. The van der Waals surface area contributed by atoms with Gasteiger partial charge in [-0.25, -0.2) is 4.98 Å². The van der Waals surface area contributed by atoms with Crippen molar-refractivity contribution in [3.8, 4) is 10.7 Å². The molecule has 0 bridgehead atoms. The van der Waals surface area contributed by atoms with E-state index in [1.807, 2.05) is 16.5 Å². The van der Waals surface area contributed by atoms with Crippen LogP contribution in [0.5, 0.6) is 0 Å². The van der Waals surface area contributed by atoms with Crippen molar-refractivity contribution in [2.75, 3.05) is 13.1 Å². The lowest BCUT2D eigenvalue weighted by Gasteiger charge is -2.32. The van der Waals surface area contributed by atoms with Crippen LogP contribution in [-0.2, 0) is 11.2 Å². The number of carbonyl (C=O) groups excluding carboxylic acids is 1. The standard InChI is InChI=1S/C16H19N3OS/c1-12(20)19-7-2-3-14(11-19)9-13-4-5-17-15(10-13)16-18-6-8-21-16/h4-6,8,10,14H,2-3,7,9,11H2,1H3/t14-/m0/s1. The fourth-order valence-corrected chi connectivity index (χ4v) is 3.52. The van der Waals surface area contributed by atoms with E-state index in [-0.39, 0.29) is 5.91 Å². The van der Waals surface area contributed by atoms with E-state index in [4.69, 9.17) is 0 Å². The number of likely N-dealkylation sites (tertiary alicyclic amines) is 1. The molecular formula is C16H19N3OS. The average Bonchev–Trinajstić information content (AvgIpc) is 3.02. The minimum absolute atomic E-state index is 0.193. The minimum atomic E-state index is 0.193. The topological polar surface area (TPSA) is 46.1 Å². The summed E-state index contributed by atoms with van der Waals surface area (Å²) in [5.74, 6) is 0.743. The Balaban J connectivity index is 1.70. The highest BCUT2D eigenvalue weighted by Gasteiger charge is 2.21. The Morgan fingerprint density at radius 3 is 3.10 bits per heavy atom. The molecule has 1 amide bonds. The number of carbonyl (C=O) groups is 1. The van der Waals surface area contributed by atoms with Crippen LogP contribution in [0.4, 0.5) is 0 Å². The molecule has 0 aliphatic carbocycles. The average molecular weight is 301 g/mol. The van der Waals surface area contributed by atoms with E-state index in [2.05, 4.69) is 22.1 Å². The molecule has 5 heteroatoms. The number of pyridine rings is 1. The summed E-state index contributed by atoms with van der Waals surface area (Å²) < 4.78 is 0. The zero-order valence-electron chi connectivity index (χ0n) is 12.2. The molecule has 21 heavy (non-hydrogen) atoms. The zero-order chi connectivity index (χ0) is 14.7. The Labute approximate surface area is 128 Å². The van der Waals surface area contributed by atoms with E-state index in [9.17, 15) is 4.79 Å². The van der Waals surface area contributed by atoms with Crippen LogP contribution in [0.1, 0.15) is 25.3 Å². The van der Waals surface area contributed by atoms with Gasteiger partial charge in [-0.3, -0.25) is 9.78 Å². The van der Waals surface area contributed by atoms with E-state index in [0.717, 1.165) is 36.6 Å². The van der Waals surface area contributed by atoms with E-state index < -0.39 is 0 Å². The summed E-state index contributed by atoms with van der Waals surface area (Å²) in [5.41, 5.74) is 2.23. The summed E-state index contributed by atoms with van der Waals surface area (Å²) in [4.78, 5) is 22.2. The van der Waals surface area contributed by atoms with Crippen molar-refractivity contribution in [2.45, 2.75) is 26.2 Å². The number of rotatable bonds is 3. The lowest BCUT2D eigenvalue weighted by atomic mass is 9.91. The summed E-state index contributed by atoms with van der Waals surface area (Å²) in [6.45, 7) is 3.45. The molecule has 1 fully saturated rings. The number of hydrogen-bond donors (Lipinski definition) is 0. The second-order valence-corrected chi connectivity index (χ2v) is 6.46. The van der Waals surface area contributed by atoms with Gasteiger partial charge in [0.1, 0.15) is 5.01 Å². The molecular weight excluding hydrogens is 282 g/mol. The molecule has 0 saturated carbocycles. The molecule has 0 N–H and O–H groups in total. The van der Waals surface area contributed by atoms with Crippen LogP contribution in [0.15, 0.2) is 29.9 Å². The van der Waals surface area contributed by atoms with Gasteiger partial charge in [0.15, 0.2) is 0 Å². The van der Waals surface area contributed by atoms with Crippen LogP contribution in [-0.4, -0.2) is 33.9 Å². The molecule has 0 aromatic carbocycles. The lowest BCUT2D eigenvalue weighted by Crippen LogP contribution is -2.39. The molecule has 0 unspecified atom stereocenters. The van der Waals surface area contributed by atoms with Gasteiger partial charge < -0.3 is 4.90 Å². The maximum Gasteiger partial charge on any atom is 0.219 e. The predicted octanol–water partition coefficient (Wildman–Crippen LogP) is 3.01. The van der Waals surface area contributed by atoms with Crippen LogP contribution in [0.2, 0.25) is 0 Å². The first-order valence-corrected chi connectivity index (χ1v) is 8.20. The Morgan fingerprint density at radius 2 is 2.33 bits per heavy atom. The van der Waals surface area contributed by atoms with Crippen LogP contribution in [0.3, 0.4) is 0 Å². The maximum atomic E-state index is 11.5. The summed E-state index contributed by atoms with van der Waals surface area (Å²) in [6, 6.07) is 4.20. The highest BCUT2D eigenvalue weighted by Crippen LogP contribution is 2.24. The number of amides is 1. The van der Waals surface area contributed by atoms with Gasteiger partial charge in [0.2, 0.25) is 5.91 Å². The van der Waals surface area contributed by atoms with Crippen molar-refractivity contribution in [1.82, 2.24) is 14.9 Å². The SMILES string of the molecule is CC(=O)N1CCC[C@@H](Cc2ccnc(-c3nccs3)c2)C1. The molecule has 110 valence electrons. The van der Waals surface area contributed by atoms with E-state index >= 15 is 0 Å². The van der Waals surface area contributed by atoms with Crippen molar-refractivity contribution >= 4 is 17.2 Å². The Bertz CT molecular complexity index is 612. The van der Waals surface area contributed by atoms with Gasteiger partial charge in [0.05, 0.1) is 5.69 Å². The Hall–Kier alpha value is -1.75. The smallest absolute Gasteiger partial charge is 0.219 e. The first-order valence-electron chi connectivity index (χ1n) is 7.32. The maximum absolute atomic E-state index is 11.5. The van der Waals surface area contributed by atoms with Crippen molar-refractivity contribution in [1.29, 1.82) is 0 Å². The fourth-order valence-electron chi connectivity index (χ4n) is 2.92. The first kappa shape index (κ1) is 14.2. The largest absolute Gasteiger partial charge is 0.343 e. The van der Waals surface area contributed by atoms with Gasteiger partial charge in [-0.15, -0.1) is 11.3 Å². The van der Waals surface area contributed by atoms with Gasteiger partial charge >= 0.3 is 0 Å². The predicted molar refractivity (Wildman–Crippen MR) is 84.0 cm³/mol. The van der Waals surface area contributed by atoms with Gasteiger partial charge in [-0.1, -0.05) is 0 Å². The Kier molecular flexibility index (Phi) is 4.29. The summed E-state index contributed by atoms with van der Waals surface area (Å²) in [5, 5.41) is 2.93. The molecule has 0 spiro atoms. The summed E-state index contributed by atoms with van der Waals surface area (Å²) in [6.07, 6.45) is 6.97. The van der Waals surface area contributed by atoms with Gasteiger partial charge in [0, 0.05) is 37.8 Å². The first-order chi connectivity index (χ1) is 10.2. The second kappa shape index (κ2) is 6.35. The van der Waals surface area contributed by atoms with Crippen molar-refractivity contribution < 1.29 is 4.79 Å². The molecule has 3 rings (SSSR count). The summed E-state index contributed by atoms with van der Waals surface area (Å²) >= 11 is 1.61. The molecule has 4 nitrogen and oxygen atoms in total. The van der Waals surface area contributed by atoms with Crippen LogP contribution < -0.4 is 0 Å². The van der Waals surface area contributed by atoms with Crippen molar-refractivity contribution in [3.63, 3.8) is 0 Å². The summed E-state index contributed by atoms with van der Waals surface area (Å²) in [7, 11) is 0. The quantitative estimate of drug-likeness (QED) is 0.875. The minimum Gasteiger partial charge on any atom is -0.343 e. The molecule has 2 aromatic heterocycles. The van der Waals surface area contributed by atoms with Crippen molar-refractivity contribution in [2.24, 2.45) is 5.92 Å². The fraction of sp³-hybridized carbons (Fsp3) is 0.438. The molecule has 2 aromatic rings. The van der Waals surface area contributed by atoms with Crippen LogP contribution in [0, 0.1) is 5.92 Å². The number of aromatic nitrogens is 2. The molecule has 3 heterocycles. The number of hydrogen-bond acceptors (Lipinski definition) is 4. The second-order valence-electron chi connectivity index (χ2n) is 5.56. The van der Waals surface area contributed by atoms with Crippen LogP contribution in [0.25, 0.3) is 10.7 Å².